The van der Waals surface area contributed by atoms with Gasteiger partial charge in [0.1, 0.15) is 12.4 Å². The van der Waals surface area contributed by atoms with Gasteiger partial charge in [0.2, 0.25) is 0 Å². The molecule has 0 bridgehead atoms. The zero-order valence-electron chi connectivity index (χ0n) is 7.73. The average Bonchev–Trinajstić information content (AvgIpc) is 2.27. The quantitative estimate of drug-likeness (QED) is 0.631. The Labute approximate surface area is 97.2 Å². The van der Waals surface area contributed by atoms with Crippen molar-refractivity contribution >= 4 is 29.5 Å². The Morgan fingerprint density at radius 2 is 2.07 bits per heavy atom. The number of alkyl halides is 1. The van der Waals surface area contributed by atoms with Crippen LogP contribution in [-0.2, 0) is 0 Å². The lowest BCUT2D eigenvalue weighted by atomic mass is 10.00. The third-order valence-corrected chi connectivity index (χ3v) is 2.57. The lowest BCUT2D eigenvalue weighted by Gasteiger charge is -2.17. The van der Waals surface area contributed by atoms with Gasteiger partial charge in [-0.25, -0.2) is 0 Å². The molecule has 0 aliphatic rings. The molecular weight excluding hydrogens is 239 g/mol. The van der Waals surface area contributed by atoms with Crippen molar-refractivity contribution in [2.75, 3.05) is 5.88 Å². The molecule has 0 heterocycles. The van der Waals surface area contributed by atoms with Gasteiger partial charge in [-0.15, -0.1) is 11.6 Å². The molecule has 2 atom stereocenters. The summed E-state index contributed by atoms with van der Waals surface area (Å²) in [6.07, 6.45) is -1.74. The molecule has 0 saturated heterocycles. The summed E-state index contributed by atoms with van der Waals surface area (Å²) in [5.41, 5.74) is 0.571. The van der Waals surface area contributed by atoms with Crippen LogP contribution in [0.15, 0.2) is 18.2 Å². The van der Waals surface area contributed by atoms with E-state index in [-0.39, 0.29) is 17.0 Å². The van der Waals surface area contributed by atoms with Crippen molar-refractivity contribution in [3.05, 3.63) is 34.3 Å². The minimum absolute atomic E-state index is 0.119. The van der Waals surface area contributed by atoms with E-state index < -0.39 is 12.2 Å². The minimum Gasteiger partial charge on any atom is -0.389 e. The van der Waals surface area contributed by atoms with Crippen LogP contribution < -0.4 is 0 Å². The van der Waals surface area contributed by atoms with Crippen molar-refractivity contribution in [2.45, 2.75) is 12.2 Å². The van der Waals surface area contributed by atoms with E-state index in [2.05, 4.69) is 0 Å². The summed E-state index contributed by atoms with van der Waals surface area (Å²) in [7, 11) is 0. The number of benzene rings is 1. The highest BCUT2D eigenvalue weighted by molar-refractivity contribution is 6.30. The Bertz CT molecular complexity index is 355. The van der Waals surface area contributed by atoms with Gasteiger partial charge in [-0.2, -0.15) is 0 Å². The first-order valence-electron chi connectivity index (χ1n) is 4.27. The maximum Gasteiger partial charge on any atom is 0.150 e. The molecule has 0 spiro atoms. The molecule has 0 aliphatic heterocycles. The molecular formula is C10H10Cl2O3. The molecule has 5 heteroatoms. The normalized spacial score (nSPS) is 14.7. The molecule has 3 nitrogen and oxygen atoms in total. The highest BCUT2D eigenvalue weighted by Gasteiger charge is 2.20. The van der Waals surface area contributed by atoms with Crippen LogP contribution in [0.25, 0.3) is 0 Å². The third kappa shape index (κ3) is 2.92. The largest absolute Gasteiger partial charge is 0.389 e. The van der Waals surface area contributed by atoms with Gasteiger partial charge in [-0.3, -0.25) is 4.79 Å². The number of carbonyl (C=O) groups excluding carboxylic acids is 1. The zero-order chi connectivity index (χ0) is 11.4. The smallest absolute Gasteiger partial charge is 0.150 e. The van der Waals surface area contributed by atoms with Crippen molar-refractivity contribution in [3.8, 4) is 0 Å². The molecule has 1 rings (SSSR count). The second-order valence-corrected chi connectivity index (χ2v) is 3.80. The van der Waals surface area contributed by atoms with E-state index in [4.69, 9.17) is 23.2 Å². The first-order chi connectivity index (χ1) is 7.10. The van der Waals surface area contributed by atoms with E-state index in [0.29, 0.717) is 11.3 Å². The molecule has 15 heavy (non-hydrogen) atoms. The van der Waals surface area contributed by atoms with Crippen molar-refractivity contribution in [1.29, 1.82) is 0 Å². The van der Waals surface area contributed by atoms with Gasteiger partial charge in [0, 0.05) is 10.6 Å². The van der Waals surface area contributed by atoms with E-state index in [9.17, 15) is 15.0 Å². The van der Waals surface area contributed by atoms with Crippen molar-refractivity contribution < 1.29 is 15.0 Å². The second kappa shape index (κ2) is 5.47. The van der Waals surface area contributed by atoms with Crippen molar-refractivity contribution in [3.63, 3.8) is 0 Å². The third-order valence-electron chi connectivity index (χ3n) is 2.02. The fraction of sp³-hybridized carbons (Fsp3) is 0.300. The first kappa shape index (κ1) is 12.5. The van der Waals surface area contributed by atoms with E-state index >= 15 is 0 Å². The molecule has 82 valence electrons. The lowest BCUT2D eigenvalue weighted by Crippen LogP contribution is -2.20. The summed E-state index contributed by atoms with van der Waals surface area (Å²) in [6.45, 7) is 0. The predicted molar refractivity (Wildman–Crippen MR) is 58.5 cm³/mol. The number of carbonyl (C=O) groups is 1. The van der Waals surface area contributed by atoms with E-state index in [1.807, 2.05) is 0 Å². The van der Waals surface area contributed by atoms with Gasteiger partial charge in [0.05, 0.1) is 12.0 Å². The maximum absolute atomic E-state index is 10.7. The molecule has 2 unspecified atom stereocenters. The van der Waals surface area contributed by atoms with Gasteiger partial charge in [-0.1, -0.05) is 11.6 Å². The fourth-order valence-corrected chi connectivity index (χ4v) is 1.55. The number of hydrogen-bond acceptors (Lipinski definition) is 3. The Hall–Kier alpha value is -0.610. The Morgan fingerprint density at radius 1 is 1.40 bits per heavy atom. The van der Waals surface area contributed by atoms with Gasteiger partial charge >= 0.3 is 0 Å². The highest BCUT2D eigenvalue weighted by atomic mass is 35.5. The van der Waals surface area contributed by atoms with E-state index in [0.717, 1.165) is 0 Å². The topological polar surface area (TPSA) is 57.5 Å². The Balaban J connectivity index is 3.10. The molecule has 1 aromatic carbocycles. The first-order valence-corrected chi connectivity index (χ1v) is 5.18. The van der Waals surface area contributed by atoms with Crippen LogP contribution in [0.2, 0.25) is 5.02 Å². The molecule has 0 radical (unpaired) electrons. The van der Waals surface area contributed by atoms with Crippen LogP contribution in [0.4, 0.5) is 0 Å². The maximum atomic E-state index is 10.7. The molecule has 0 aromatic heterocycles. The second-order valence-electron chi connectivity index (χ2n) is 3.06. The molecule has 0 fully saturated rings. The molecule has 0 saturated carbocycles. The molecule has 0 aliphatic carbocycles. The standard InChI is InChI=1S/C10H10Cl2O3/c11-4-9(14)10(15)8-3-7(12)2-1-6(8)5-13/h1-3,5,9-10,14-15H,4H2. The average molecular weight is 249 g/mol. The summed E-state index contributed by atoms with van der Waals surface area (Å²) >= 11 is 11.1. The van der Waals surface area contributed by atoms with E-state index in [1.165, 1.54) is 18.2 Å². The number of halogens is 2. The number of aldehydes is 1. The highest BCUT2D eigenvalue weighted by Crippen LogP contribution is 2.24. The number of aliphatic hydroxyl groups excluding tert-OH is 2. The fourth-order valence-electron chi connectivity index (χ4n) is 1.20. The summed E-state index contributed by atoms with van der Waals surface area (Å²) in [5, 5.41) is 19.4. The van der Waals surface area contributed by atoms with Crippen LogP contribution >= 0.6 is 23.2 Å². The van der Waals surface area contributed by atoms with Crippen LogP contribution in [0.5, 0.6) is 0 Å². The molecule has 2 N–H and O–H groups in total. The van der Waals surface area contributed by atoms with Crippen LogP contribution in [0, 0.1) is 0 Å². The van der Waals surface area contributed by atoms with Gasteiger partial charge in [0.15, 0.2) is 0 Å². The van der Waals surface area contributed by atoms with Gasteiger partial charge < -0.3 is 10.2 Å². The number of aliphatic hydroxyl groups is 2. The molecule has 0 amide bonds. The van der Waals surface area contributed by atoms with Gasteiger partial charge in [0.25, 0.3) is 0 Å². The van der Waals surface area contributed by atoms with Crippen LogP contribution in [0.3, 0.4) is 0 Å². The summed E-state index contributed by atoms with van der Waals surface area (Å²) in [6, 6.07) is 4.45. The van der Waals surface area contributed by atoms with E-state index in [1.54, 1.807) is 0 Å². The Kier molecular flexibility index (Phi) is 4.54. The van der Waals surface area contributed by atoms with Crippen LogP contribution in [-0.4, -0.2) is 28.5 Å². The minimum atomic E-state index is -1.21. The SMILES string of the molecule is O=Cc1ccc(Cl)cc1C(O)C(O)CCl. The number of hydrogen-bond donors (Lipinski definition) is 2. The molecule has 1 aromatic rings. The summed E-state index contributed by atoms with van der Waals surface area (Å²) < 4.78 is 0. The van der Waals surface area contributed by atoms with Gasteiger partial charge in [-0.05, 0) is 23.8 Å². The lowest BCUT2D eigenvalue weighted by molar-refractivity contribution is 0.0323. The predicted octanol–water partition coefficient (Wildman–Crippen LogP) is 1.79. The van der Waals surface area contributed by atoms with Crippen molar-refractivity contribution in [1.82, 2.24) is 0 Å². The zero-order valence-corrected chi connectivity index (χ0v) is 9.24. The summed E-state index contributed by atoms with van der Waals surface area (Å²) in [5.74, 6) is -0.119. The summed E-state index contributed by atoms with van der Waals surface area (Å²) in [4.78, 5) is 10.7. The van der Waals surface area contributed by atoms with Crippen molar-refractivity contribution in [2.24, 2.45) is 0 Å². The number of rotatable bonds is 4. The Morgan fingerprint density at radius 3 is 2.60 bits per heavy atom. The monoisotopic (exact) mass is 248 g/mol. The van der Waals surface area contributed by atoms with Crippen LogP contribution in [0.1, 0.15) is 22.0 Å².